The number of hydrogen-bond acceptors (Lipinski definition) is 5. The van der Waals surface area contributed by atoms with E-state index in [-0.39, 0.29) is 5.69 Å². The first-order chi connectivity index (χ1) is 13.2. The van der Waals surface area contributed by atoms with Crippen LogP contribution >= 0.6 is 11.8 Å². The number of benzene rings is 2. The van der Waals surface area contributed by atoms with Gasteiger partial charge in [-0.1, -0.05) is 35.5 Å². The minimum absolute atomic E-state index is 0.0744. The first-order valence-corrected chi connectivity index (χ1v) is 9.12. The molecule has 3 aromatic rings. The highest BCUT2D eigenvalue weighted by Crippen LogP contribution is 2.31. The number of nitrogens with one attached hydrogen (secondary N) is 1. The van der Waals surface area contributed by atoms with E-state index in [2.05, 4.69) is 20.8 Å². The Bertz CT molecular complexity index is 972. The molecule has 3 rings (SSSR count). The molecule has 0 aliphatic heterocycles. The van der Waals surface area contributed by atoms with Crippen LogP contribution < -0.4 is 5.32 Å². The van der Waals surface area contributed by atoms with Crippen LogP contribution in [0.5, 0.6) is 0 Å². The lowest BCUT2D eigenvalue weighted by Crippen LogP contribution is -2.23. The molecule has 6 nitrogen and oxygen atoms in total. The van der Waals surface area contributed by atoms with Gasteiger partial charge in [-0.3, -0.25) is 4.79 Å². The quantitative estimate of drug-likeness (QED) is 0.645. The largest absolute Gasteiger partial charge is 0.416 e. The average molecular weight is 407 g/mol. The summed E-state index contributed by atoms with van der Waals surface area (Å²) < 4.78 is 39.9. The smallest absolute Gasteiger partial charge is 0.325 e. The Morgan fingerprint density at radius 3 is 2.57 bits per heavy atom. The Labute approximate surface area is 163 Å². The standard InChI is InChI=1S/C18H16F3N5OS/c1-11-6-8-15(9-7-11)26-17(23-24-25-26)28-12(2)16(27)22-14-5-3-4-13(10-14)18(19,20)21/h3-10,12H,1-2H3,(H,22,27)/t12-/m1/s1. The van der Waals surface area contributed by atoms with Gasteiger partial charge in [0.25, 0.3) is 0 Å². The maximum Gasteiger partial charge on any atom is 0.416 e. The van der Waals surface area contributed by atoms with Gasteiger partial charge in [-0.15, -0.1) is 5.10 Å². The van der Waals surface area contributed by atoms with E-state index in [1.165, 1.54) is 16.8 Å². The number of aromatic nitrogens is 4. The summed E-state index contributed by atoms with van der Waals surface area (Å²) in [5.74, 6) is -0.456. The van der Waals surface area contributed by atoms with Gasteiger partial charge in [-0.25, -0.2) is 0 Å². The first kappa shape index (κ1) is 19.9. The van der Waals surface area contributed by atoms with Crippen LogP contribution in [-0.4, -0.2) is 31.4 Å². The molecule has 0 unspecified atom stereocenters. The number of aryl methyl sites for hydroxylation is 1. The Kier molecular flexibility index (Phi) is 5.68. The zero-order valence-corrected chi connectivity index (χ0v) is 15.8. The molecule has 0 spiro atoms. The minimum Gasteiger partial charge on any atom is -0.325 e. The molecule has 1 amide bonds. The van der Waals surface area contributed by atoms with Crippen LogP contribution in [0.2, 0.25) is 0 Å². The molecule has 0 bridgehead atoms. The number of amides is 1. The summed E-state index contributed by atoms with van der Waals surface area (Å²) >= 11 is 1.11. The molecule has 28 heavy (non-hydrogen) atoms. The fourth-order valence-electron chi connectivity index (χ4n) is 2.33. The lowest BCUT2D eigenvalue weighted by atomic mass is 10.2. The maximum absolute atomic E-state index is 12.8. The number of carbonyl (C=O) groups is 1. The maximum atomic E-state index is 12.8. The van der Waals surface area contributed by atoms with E-state index in [1.807, 2.05) is 31.2 Å². The lowest BCUT2D eigenvalue weighted by Gasteiger charge is -2.13. The fourth-order valence-corrected chi connectivity index (χ4v) is 3.14. The van der Waals surface area contributed by atoms with Crippen LogP contribution in [0.1, 0.15) is 18.1 Å². The van der Waals surface area contributed by atoms with Crippen molar-refractivity contribution in [2.75, 3.05) is 5.32 Å². The summed E-state index contributed by atoms with van der Waals surface area (Å²) in [4.78, 5) is 12.4. The summed E-state index contributed by atoms with van der Waals surface area (Å²) in [6.07, 6.45) is -4.47. The number of carbonyl (C=O) groups excluding carboxylic acids is 1. The molecule has 1 aromatic heterocycles. The third kappa shape index (κ3) is 4.69. The average Bonchev–Trinajstić information content (AvgIpc) is 3.10. The zero-order chi connectivity index (χ0) is 20.3. The molecule has 0 aliphatic carbocycles. The molecule has 0 fully saturated rings. The van der Waals surface area contributed by atoms with Crippen molar-refractivity contribution in [2.45, 2.75) is 30.4 Å². The third-order valence-corrected chi connectivity index (χ3v) is 4.86. The predicted octanol–water partition coefficient (Wildman–Crippen LogP) is 4.11. The second-order valence-corrected chi connectivity index (χ2v) is 7.34. The number of alkyl halides is 3. The highest BCUT2D eigenvalue weighted by molar-refractivity contribution is 8.00. The van der Waals surface area contributed by atoms with Crippen LogP contribution in [0, 0.1) is 6.92 Å². The Morgan fingerprint density at radius 2 is 1.89 bits per heavy atom. The molecule has 0 aliphatic rings. The summed E-state index contributed by atoms with van der Waals surface area (Å²) in [6.45, 7) is 3.58. The second kappa shape index (κ2) is 8.01. The third-order valence-electron chi connectivity index (χ3n) is 3.83. The van der Waals surface area contributed by atoms with Crippen LogP contribution in [0.25, 0.3) is 5.69 Å². The normalized spacial score (nSPS) is 12.6. The van der Waals surface area contributed by atoms with Crippen molar-refractivity contribution in [2.24, 2.45) is 0 Å². The van der Waals surface area contributed by atoms with Gasteiger partial charge in [0, 0.05) is 5.69 Å². The predicted molar refractivity (Wildman–Crippen MR) is 99.3 cm³/mol. The number of tetrazole rings is 1. The number of thioether (sulfide) groups is 1. The Balaban J connectivity index is 1.71. The lowest BCUT2D eigenvalue weighted by molar-refractivity contribution is -0.137. The molecular formula is C18H16F3N5OS. The van der Waals surface area contributed by atoms with Gasteiger partial charge in [0.05, 0.1) is 16.5 Å². The van der Waals surface area contributed by atoms with Gasteiger partial charge in [0.15, 0.2) is 0 Å². The molecular weight excluding hydrogens is 391 g/mol. The monoisotopic (exact) mass is 407 g/mol. The van der Waals surface area contributed by atoms with Crippen LogP contribution in [0.4, 0.5) is 18.9 Å². The van der Waals surface area contributed by atoms with E-state index < -0.39 is 22.9 Å². The van der Waals surface area contributed by atoms with Crippen molar-refractivity contribution in [3.05, 3.63) is 59.7 Å². The highest BCUT2D eigenvalue weighted by Gasteiger charge is 2.30. The van der Waals surface area contributed by atoms with Crippen molar-refractivity contribution in [3.63, 3.8) is 0 Å². The van der Waals surface area contributed by atoms with E-state index in [9.17, 15) is 18.0 Å². The summed E-state index contributed by atoms with van der Waals surface area (Å²) in [5.41, 5.74) is 1.07. The zero-order valence-electron chi connectivity index (χ0n) is 14.9. The van der Waals surface area contributed by atoms with Gasteiger partial charge >= 0.3 is 6.18 Å². The number of nitrogens with zero attached hydrogens (tertiary/aromatic N) is 4. The molecule has 1 atom stereocenters. The van der Waals surface area contributed by atoms with E-state index in [4.69, 9.17) is 0 Å². The van der Waals surface area contributed by atoms with Gasteiger partial charge < -0.3 is 5.32 Å². The van der Waals surface area contributed by atoms with Crippen LogP contribution in [-0.2, 0) is 11.0 Å². The number of halogens is 3. The number of rotatable bonds is 5. The van der Waals surface area contributed by atoms with Crippen molar-refractivity contribution in [1.82, 2.24) is 20.2 Å². The topological polar surface area (TPSA) is 72.7 Å². The molecule has 2 aromatic carbocycles. The molecule has 146 valence electrons. The number of hydrogen-bond donors (Lipinski definition) is 1. The van der Waals surface area contributed by atoms with Crippen LogP contribution in [0.15, 0.2) is 53.7 Å². The van der Waals surface area contributed by atoms with E-state index in [0.29, 0.717) is 5.16 Å². The van der Waals surface area contributed by atoms with E-state index in [0.717, 1.165) is 35.1 Å². The summed E-state index contributed by atoms with van der Waals surface area (Å²) in [7, 11) is 0. The Morgan fingerprint density at radius 1 is 1.18 bits per heavy atom. The van der Waals surface area contributed by atoms with Crippen molar-refractivity contribution in [3.8, 4) is 5.69 Å². The van der Waals surface area contributed by atoms with Crippen LogP contribution in [0.3, 0.4) is 0 Å². The van der Waals surface area contributed by atoms with Gasteiger partial charge in [0.2, 0.25) is 11.1 Å². The fraction of sp³-hybridized carbons (Fsp3) is 0.222. The van der Waals surface area contributed by atoms with Gasteiger partial charge in [-0.2, -0.15) is 17.9 Å². The first-order valence-electron chi connectivity index (χ1n) is 8.24. The van der Waals surface area contributed by atoms with Gasteiger partial charge in [-0.05, 0) is 54.6 Å². The van der Waals surface area contributed by atoms with E-state index >= 15 is 0 Å². The van der Waals surface area contributed by atoms with Gasteiger partial charge in [0.1, 0.15) is 0 Å². The minimum atomic E-state index is -4.47. The molecule has 1 N–H and O–H groups in total. The number of anilines is 1. The Hall–Kier alpha value is -2.88. The molecule has 1 heterocycles. The van der Waals surface area contributed by atoms with E-state index in [1.54, 1.807) is 6.92 Å². The highest BCUT2D eigenvalue weighted by atomic mass is 32.2. The molecule has 10 heteroatoms. The molecule has 0 saturated heterocycles. The summed E-state index contributed by atoms with van der Waals surface area (Å²) in [5, 5.41) is 13.8. The SMILES string of the molecule is Cc1ccc(-n2nnnc2S[C@H](C)C(=O)Nc2cccc(C(F)(F)F)c2)cc1. The van der Waals surface area contributed by atoms with Crippen molar-refractivity contribution >= 4 is 23.4 Å². The molecule has 0 radical (unpaired) electrons. The van der Waals surface area contributed by atoms with Crippen molar-refractivity contribution in [1.29, 1.82) is 0 Å². The van der Waals surface area contributed by atoms with Crippen molar-refractivity contribution < 1.29 is 18.0 Å². The summed E-state index contributed by atoms with van der Waals surface area (Å²) in [6, 6.07) is 12.0. The molecule has 0 saturated carbocycles. The second-order valence-electron chi connectivity index (χ2n) is 6.04.